The Labute approximate surface area is 327 Å². The molecule has 0 aromatic heterocycles. The molecule has 0 aromatic rings. The SMILES string of the molecule is C=CCCCCC1CC=C(CCCC(C2C=C(C)C(N(C3=CCCC(C)C3)C3C=C(C)C(OCCCC=C)CC3)=CC2C)[C@@H]2CCCC(C)C2)C=C1C. The molecule has 8 unspecified atom stereocenters. The van der Waals surface area contributed by atoms with Crippen molar-refractivity contribution in [1.82, 2.24) is 4.90 Å². The zero-order chi connectivity index (χ0) is 37.7. The Morgan fingerprint density at radius 3 is 2.40 bits per heavy atom. The van der Waals surface area contributed by atoms with Crippen LogP contribution in [0.25, 0.3) is 0 Å². The first kappa shape index (κ1) is 41.8. The predicted octanol–water partition coefficient (Wildman–Crippen LogP) is 14.8. The van der Waals surface area contributed by atoms with Crippen LogP contribution < -0.4 is 0 Å². The number of ether oxygens (including phenoxy) is 1. The summed E-state index contributed by atoms with van der Waals surface area (Å²) in [6.07, 6.45) is 44.2. The highest BCUT2D eigenvalue weighted by Gasteiger charge is 2.37. The van der Waals surface area contributed by atoms with Crippen LogP contribution >= 0.6 is 0 Å². The van der Waals surface area contributed by atoms with Crippen molar-refractivity contribution in [3.05, 3.63) is 95.5 Å². The minimum atomic E-state index is 0.258. The molecule has 1 fully saturated rings. The van der Waals surface area contributed by atoms with E-state index >= 15 is 0 Å². The number of allylic oxidation sites excluding steroid dienone is 11. The molecule has 2 nitrogen and oxygen atoms in total. The summed E-state index contributed by atoms with van der Waals surface area (Å²) in [5.74, 6) is 5.17. The van der Waals surface area contributed by atoms with Gasteiger partial charge >= 0.3 is 0 Å². The van der Waals surface area contributed by atoms with Crippen molar-refractivity contribution in [2.75, 3.05) is 6.61 Å². The maximum absolute atomic E-state index is 6.39. The number of hydrogen-bond acceptors (Lipinski definition) is 2. The molecule has 0 saturated heterocycles. The average Bonchev–Trinajstić information content (AvgIpc) is 3.13. The number of unbranched alkanes of at least 4 members (excludes halogenated alkanes) is 3. The highest BCUT2D eigenvalue weighted by molar-refractivity contribution is 5.39. The van der Waals surface area contributed by atoms with Crippen LogP contribution in [-0.4, -0.2) is 23.7 Å². The molecule has 2 heteroatoms. The molecule has 1 saturated carbocycles. The van der Waals surface area contributed by atoms with Crippen LogP contribution in [-0.2, 0) is 4.74 Å². The van der Waals surface area contributed by atoms with Crippen LogP contribution in [0.2, 0.25) is 0 Å². The van der Waals surface area contributed by atoms with Gasteiger partial charge in [0.1, 0.15) is 0 Å². The highest BCUT2D eigenvalue weighted by atomic mass is 16.5. The Hall–Kier alpha value is -2.32. The summed E-state index contributed by atoms with van der Waals surface area (Å²) in [6, 6.07) is 0.403. The summed E-state index contributed by atoms with van der Waals surface area (Å²) >= 11 is 0. The van der Waals surface area contributed by atoms with Gasteiger partial charge in [0, 0.05) is 18.0 Å². The van der Waals surface area contributed by atoms with E-state index in [4.69, 9.17) is 4.74 Å². The van der Waals surface area contributed by atoms with Gasteiger partial charge in [0.05, 0.1) is 12.1 Å². The maximum atomic E-state index is 6.39. The van der Waals surface area contributed by atoms with Crippen molar-refractivity contribution in [3.63, 3.8) is 0 Å². The standard InChI is InChI=1S/C51H79NO/c1-9-11-13-14-22-44-27-26-43(33-39(44)5)21-18-25-48(45-23-16-19-37(3)31-45)49-35-41(7)50(36-40(49)6)52(46-24-17-20-38(4)32-46)47-28-29-51(42(8)34-47)53-30-15-12-10-2/h9-10,24,26,33-38,40,44-45,47-49,51H,1-2,11-23,25,27-32H2,3-8H3/t37?,38?,40?,44?,45-,47?,48?,49?,51?/m1/s1. The molecular weight excluding hydrogens is 643 g/mol. The number of hydrogen-bond donors (Lipinski definition) is 0. The van der Waals surface area contributed by atoms with E-state index < -0.39 is 0 Å². The van der Waals surface area contributed by atoms with Crippen LogP contribution in [0.5, 0.6) is 0 Å². The zero-order valence-electron chi connectivity index (χ0n) is 35.2. The van der Waals surface area contributed by atoms with E-state index in [-0.39, 0.29) is 6.10 Å². The van der Waals surface area contributed by atoms with Crippen LogP contribution in [0.1, 0.15) is 164 Å². The summed E-state index contributed by atoms with van der Waals surface area (Å²) in [5.41, 5.74) is 9.23. The largest absolute Gasteiger partial charge is 0.374 e. The molecule has 294 valence electrons. The Kier molecular flexibility index (Phi) is 16.7. The molecule has 0 spiro atoms. The fourth-order valence-electron chi connectivity index (χ4n) is 10.8. The lowest BCUT2D eigenvalue weighted by atomic mass is 9.65. The van der Waals surface area contributed by atoms with Gasteiger partial charge in [-0.25, -0.2) is 0 Å². The first-order chi connectivity index (χ1) is 25.7. The second-order valence-corrected chi connectivity index (χ2v) is 18.4. The van der Waals surface area contributed by atoms with E-state index in [9.17, 15) is 0 Å². The molecule has 0 radical (unpaired) electrons. The van der Waals surface area contributed by atoms with Crippen LogP contribution in [0.3, 0.4) is 0 Å². The van der Waals surface area contributed by atoms with Gasteiger partial charge in [0.2, 0.25) is 0 Å². The quantitative estimate of drug-likeness (QED) is 0.0972. The van der Waals surface area contributed by atoms with Gasteiger partial charge in [-0.3, -0.25) is 0 Å². The molecule has 9 atom stereocenters. The lowest BCUT2D eigenvalue weighted by Crippen LogP contribution is -2.40. The molecule has 0 amide bonds. The molecule has 5 aliphatic rings. The van der Waals surface area contributed by atoms with Crippen LogP contribution in [0.15, 0.2) is 95.5 Å². The molecule has 5 aliphatic carbocycles. The van der Waals surface area contributed by atoms with Crippen LogP contribution in [0.4, 0.5) is 0 Å². The molecule has 53 heavy (non-hydrogen) atoms. The van der Waals surface area contributed by atoms with Gasteiger partial charge in [-0.15, -0.1) is 13.2 Å². The van der Waals surface area contributed by atoms with Crippen molar-refractivity contribution >= 4 is 0 Å². The Morgan fingerprint density at radius 2 is 1.66 bits per heavy atom. The second-order valence-electron chi connectivity index (χ2n) is 18.4. The van der Waals surface area contributed by atoms with Gasteiger partial charge < -0.3 is 9.64 Å². The van der Waals surface area contributed by atoms with Crippen molar-refractivity contribution in [3.8, 4) is 0 Å². The van der Waals surface area contributed by atoms with Gasteiger partial charge in [-0.05, 0) is 170 Å². The molecule has 0 aliphatic heterocycles. The third-order valence-corrected chi connectivity index (χ3v) is 13.9. The van der Waals surface area contributed by atoms with E-state index in [0.717, 1.165) is 68.3 Å². The van der Waals surface area contributed by atoms with Gasteiger partial charge in [0.25, 0.3) is 0 Å². The monoisotopic (exact) mass is 722 g/mol. The van der Waals surface area contributed by atoms with E-state index in [1.165, 1.54) is 107 Å². The first-order valence-electron chi connectivity index (χ1n) is 22.5. The third kappa shape index (κ3) is 11.8. The summed E-state index contributed by atoms with van der Waals surface area (Å²) in [7, 11) is 0. The molecule has 0 heterocycles. The highest BCUT2D eigenvalue weighted by Crippen LogP contribution is 2.47. The maximum Gasteiger partial charge on any atom is 0.0783 e. The minimum absolute atomic E-state index is 0.258. The fraction of sp³-hybridized carbons (Fsp3) is 0.686. The summed E-state index contributed by atoms with van der Waals surface area (Å²) < 4.78 is 6.39. The number of nitrogens with zero attached hydrogens (tertiary/aromatic N) is 1. The smallest absolute Gasteiger partial charge is 0.0783 e. The van der Waals surface area contributed by atoms with E-state index in [2.05, 4.69) is 102 Å². The third-order valence-electron chi connectivity index (χ3n) is 13.9. The second kappa shape index (κ2) is 21.1. The predicted molar refractivity (Wildman–Crippen MR) is 230 cm³/mol. The normalized spacial score (nSPS) is 31.3. The lowest BCUT2D eigenvalue weighted by Gasteiger charge is -2.45. The topological polar surface area (TPSA) is 12.5 Å². The van der Waals surface area contributed by atoms with E-state index in [1.807, 2.05) is 6.08 Å². The summed E-state index contributed by atoms with van der Waals surface area (Å²) in [5, 5.41) is 0. The Morgan fingerprint density at radius 1 is 0.849 bits per heavy atom. The average molecular weight is 722 g/mol. The fourth-order valence-corrected chi connectivity index (χ4v) is 10.8. The summed E-state index contributed by atoms with van der Waals surface area (Å²) in [6.45, 7) is 23.3. The van der Waals surface area contributed by atoms with Crippen molar-refractivity contribution < 1.29 is 4.74 Å². The molecule has 5 rings (SSSR count). The van der Waals surface area contributed by atoms with Gasteiger partial charge in [0.15, 0.2) is 0 Å². The lowest BCUT2D eigenvalue weighted by molar-refractivity contribution is 0.0597. The zero-order valence-corrected chi connectivity index (χ0v) is 35.2. The van der Waals surface area contributed by atoms with Gasteiger partial charge in [-0.1, -0.05) is 106 Å². The van der Waals surface area contributed by atoms with Crippen molar-refractivity contribution in [2.24, 2.45) is 41.4 Å². The van der Waals surface area contributed by atoms with E-state index in [1.54, 1.807) is 16.8 Å². The Bertz CT molecular complexity index is 1380. The van der Waals surface area contributed by atoms with E-state index in [0.29, 0.717) is 17.9 Å². The van der Waals surface area contributed by atoms with Crippen molar-refractivity contribution in [1.29, 1.82) is 0 Å². The summed E-state index contributed by atoms with van der Waals surface area (Å²) in [4.78, 5) is 2.81. The molecule has 0 N–H and O–H groups in total. The first-order valence-corrected chi connectivity index (χ1v) is 22.5. The van der Waals surface area contributed by atoms with Crippen molar-refractivity contribution in [2.45, 2.75) is 176 Å². The van der Waals surface area contributed by atoms with Gasteiger partial charge in [-0.2, -0.15) is 0 Å². The molecule has 0 bridgehead atoms. The molecule has 0 aromatic carbocycles. The molecular formula is C51H79NO. The Balaban J connectivity index is 1.31. The van der Waals surface area contributed by atoms with Crippen LogP contribution in [0, 0.1) is 41.4 Å². The minimum Gasteiger partial charge on any atom is -0.374 e. The number of rotatable bonds is 19.